The maximum atomic E-state index is 13.8. The van der Waals surface area contributed by atoms with Crippen LogP contribution in [0.1, 0.15) is 33.3 Å². The molecule has 0 unspecified atom stereocenters. The second-order valence-corrected chi connectivity index (χ2v) is 8.39. The van der Waals surface area contributed by atoms with Crippen molar-refractivity contribution in [2.24, 2.45) is 0 Å². The highest BCUT2D eigenvalue weighted by molar-refractivity contribution is 9.10. The molecule has 0 saturated heterocycles. The zero-order valence-electron chi connectivity index (χ0n) is 14.0. The molecule has 8 heteroatoms. The lowest BCUT2D eigenvalue weighted by Gasteiger charge is -2.28. The van der Waals surface area contributed by atoms with Crippen molar-refractivity contribution in [3.63, 3.8) is 0 Å². The van der Waals surface area contributed by atoms with E-state index in [2.05, 4.69) is 21.2 Å². The second kappa shape index (κ2) is 8.20. The molecule has 1 amide bonds. The Hall–Kier alpha value is -1.28. The van der Waals surface area contributed by atoms with E-state index in [1.165, 1.54) is 24.8 Å². The molecule has 0 aliphatic rings. The summed E-state index contributed by atoms with van der Waals surface area (Å²) in [5.74, 6) is -1.19. The maximum Gasteiger partial charge on any atom is 0.408 e. The summed E-state index contributed by atoms with van der Waals surface area (Å²) in [5.41, 5.74) is -1.77. The molecule has 0 heterocycles. The van der Waals surface area contributed by atoms with Crippen LogP contribution >= 0.6 is 27.7 Å². The van der Waals surface area contributed by atoms with E-state index in [1.807, 2.05) is 0 Å². The largest absolute Gasteiger partial charge is 0.479 e. The van der Waals surface area contributed by atoms with Crippen LogP contribution in [0.25, 0.3) is 0 Å². The third kappa shape index (κ3) is 6.68. The summed E-state index contributed by atoms with van der Waals surface area (Å²) >= 11 is 4.40. The molecule has 1 aromatic rings. The Morgan fingerprint density at radius 2 is 1.96 bits per heavy atom. The molecule has 1 rings (SSSR count). The molecule has 5 nitrogen and oxygen atoms in total. The van der Waals surface area contributed by atoms with E-state index in [0.29, 0.717) is 10.0 Å². The molecule has 0 aromatic heterocycles. The summed E-state index contributed by atoms with van der Waals surface area (Å²) in [7, 11) is 0. The Balaban J connectivity index is 2.68. The van der Waals surface area contributed by atoms with Gasteiger partial charge >= 0.3 is 12.1 Å². The molecule has 134 valence electrons. The van der Waals surface area contributed by atoms with Gasteiger partial charge in [-0.2, -0.15) is 11.8 Å². The van der Waals surface area contributed by atoms with Gasteiger partial charge in [0.25, 0.3) is 0 Å². The number of ether oxygens (including phenoxy) is 1. The number of amides is 1. The average molecular weight is 422 g/mol. The number of carbonyl (C=O) groups is 2. The number of carboxylic acids is 1. The van der Waals surface area contributed by atoms with E-state index in [4.69, 9.17) is 4.74 Å². The lowest BCUT2D eigenvalue weighted by molar-refractivity contribution is -0.143. The SMILES string of the molecule is CC(C)(C)OC(=O)N[C@@](C)(CSCc1ccc(Br)cc1F)C(=O)O. The van der Waals surface area contributed by atoms with Crippen LogP contribution in [-0.2, 0) is 15.3 Å². The summed E-state index contributed by atoms with van der Waals surface area (Å²) in [6, 6.07) is 4.70. The van der Waals surface area contributed by atoms with Gasteiger partial charge in [-0.3, -0.25) is 0 Å². The molecular formula is C16H21BrFNO4S. The molecule has 1 aromatic carbocycles. The minimum absolute atomic E-state index is 0.0665. The van der Waals surface area contributed by atoms with Gasteiger partial charge in [-0.1, -0.05) is 22.0 Å². The number of rotatable bonds is 6. The van der Waals surface area contributed by atoms with Crippen molar-refractivity contribution in [1.82, 2.24) is 5.32 Å². The summed E-state index contributed by atoms with van der Waals surface area (Å²) in [4.78, 5) is 23.3. The molecule has 2 N–H and O–H groups in total. The lowest BCUT2D eigenvalue weighted by Crippen LogP contribution is -2.55. The van der Waals surface area contributed by atoms with Crippen LogP contribution in [0.2, 0.25) is 0 Å². The fourth-order valence-corrected chi connectivity index (χ4v) is 3.18. The van der Waals surface area contributed by atoms with E-state index in [1.54, 1.807) is 32.9 Å². The number of hydrogen-bond acceptors (Lipinski definition) is 4. The third-order valence-corrected chi connectivity index (χ3v) is 4.70. The molecule has 0 bridgehead atoms. The van der Waals surface area contributed by atoms with E-state index >= 15 is 0 Å². The molecule has 0 saturated carbocycles. The maximum absolute atomic E-state index is 13.8. The molecule has 0 radical (unpaired) electrons. The topological polar surface area (TPSA) is 75.6 Å². The highest BCUT2D eigenvalue weighted by Crippen LogP contribution is 2.23. The number of hydrogen-bond donors (Lipinski definition) is 2. The van der Waals surface area contributed by atoms with Crippen molar-refractivity contribution in [2.75, 3.05) is 5.75 Å². The van der Waals surface area contributed by atoms with Gasteiger partial charge in [0.2, 0.25) is 0 Å². The Morgan fingerprint density at radius 3 is 2.46 bits per heavy atom. The van der Waals surface area contributed by atoms with Crippen LogP contribution < -0.4 is 5.32 Å². The van der Waals surface area contributed by atoms with Crippen LogP contribution in [0, 0.1) is 5.82 Å². The van der Waals surface area contributed by atoms with Gasteiger partial charge in [0.15, 0.2) is 0 Å². The quantitative estimate of drug-likeness (QED) is 0.719. The summed E-state index contributed by atoms with van der Waals surface area (Å²) in [6.45, 7) is 6.46. The molecule has 0 spiro atoms. The first-order valence-corrected chi connectivity index (χ1v) is 9.14. The molecule has 1 atom stereocenters. The van der Waals surface area contributed by atoms with Gasteiger partial charge in [0.1, 0.15) is 17.0 Å². The minimum atomic E-state index is -1.52. The number of thioether (sulfide) groups is 1. The van der Waals surface area contributed by atoms with Gasteiger partial charge in [0, 0.05) is 16.0 Å². The van der Waals surface area contributed by atoms with Crippen molar-refractivity contribution < 1.29 is 23.8 Å². The highest BCUT2D eigenvalue weighted by atomic mass is 79.9. The van der Waals surface area contributed by atoms with E-state index in [0.717, 1.165) is 0 Å². The van der Waals surface area contributed by atoms with Gasteiger partial charge in [-0.25, -0.2) is 14.0 Å². The van der Waals surface area contributed by atoms with Gasteiger partial charge < -0.3 is 15.2 Å². The summed E-state index contributed by atoms with van der Waals surface area (Å²) in [6.07, 6.45) is -0.803. The molecular weight excluding hydrogens is 401 g/mol. The Bertz CT molecular complexity index is 621. The van der Waals surface area contributed by atoms with Crippen LogP contribution in [0.5, 0.6) is 0 Å². The minimum Gasteiger partial charge on any atom is -0.479 e. The first-order chi connectivity index (χ1) is 10.9. The molecule has 0 aliphatic carbocycles. The predicted molar refractivity (Wildman–Crippen MR) is 95.7 cm³/mol. The number of carbonyl (C=O) groups excluding carboxylic acids is 1. The van der Waals surface area contributed by atoms with Crippen molar-refractivity contribution in [3.8, 4) is 0 Å². The molecule has 0 aliphatic heterocycles. The number of aliphatic carboxylic acids is 1. The normalized spacial score (nSPS) is 13.9. The zero-order chi connectivity index (χ0) is 18.5. The summed E-state index contributed by atoms with van der Waals surface area (Å²) in [5, 5.41) is 11.8. The fourth-order valence-electron chi connectivity index (χ4n) is 1.68. The first-order valence-electron chi connectivity index (χ1n) is 7.19. The van der Waals surface area contributed by atoms with Crippen molar-refractivity contribution in [2.45, 2.75) is 44.6 Å². The standard InChI is InChI=1S/C16H21BrFNO4S/c1-15(2,3)23-14(22)19-16(4,13(20)21)9-24-8-10-5-6-11(17)7-12(10)18/h5-7H,8-9H2,1-4H3,(H,19,22)(H,20,21)/t16-/m0/s1. The van der Waals surface area contributed by atoms with Crippen molar-refractivity contribution >= 4 is 39.8 Å². The summed E-state index contributed by atoms with van der Waals surface area (Å²) < 4.78 is 19.5. The van der Waals surface area contributed by atoms with Gasteiger partial charge in [0.05, 0.1) is 0 Å². The van der Waals surface area contributed by atoms with Gasteiger partial charge in [-0.15, -0.1) is 0 Å². The number of carboxylic acid groups (broad SMARTS) is 1. The van der Waals surface area contributed by atoms with E-state index in [9.17, 15) is 19.1 Å². The van der Waals surface area contributed by atoms with Crippen LogP contribution in [0.3, 0.4) is 0 Å². The number of alkyl carbamates (subject to hydrolysis) is 1. The van der Waals surface area contributed by atoms with Crippen LogP contribution in [0.4, 0.5) is 9.18 Å². The van der Waals surface area contributed by atoms with Crippen molar-refractivity contribution in [1.29, 1.82) is 0 Å². The predicted octanol–water partition coefficient (Wildman–Crippen LogP) is 4.19. The molecule has 24 heavy (non-hydrogen) atoms. The number of nitrogens with one attached hydrogen (secondary N) is 1. The smallest absolute Gasteiger partial charge is 0.408 e. The van der Waals surface area contributed by atoms with Crippen LogP contribution in [0.15, 0.2) is 22.7 Å². The zero-order valence-corrected chi connectivity index (χ0v) is 16.4. The van der Waals surface area contributed by atoms with Crippen LogP contribution in [-0.4, -0.2) is 34.1 Å². The highest BCUT2D eigenvalue weighted by Gasteiger charge is 2.36. The monoisotopic (exact) mass is 421 g/mol. The Morgan fingerprint density at radius 1 is 1.33 bits per heavy atom. The molecule has 0 fully saturated rings. The number of halogens is 2. The number of benzene rings is 1. The Kier molecular flexibility index (Phi) is 7.10. The van der Waals surface area contributed by atoms with Gasteiger partial charge in [-0.05, 0) is 45.4 Å². The Labute approximate surface area is 153 Å². The fraction of sp³-hybridized carbons (Fsp3) is 0.500. The average Bonchev–Trinajstić information content (AvgIpc) is 2.38. The van der Waals surface area contributed by atoms with Crippen molar-refractivity contribution in [3.05, 3.63) is 34.1 Å². The van der Waals surface area contributed by atoms with E-state index in [-0.39, 0.29) is 17.3 Å². The van der Waals surface area contributed by atoms with E-state index < -0.39 is 23.2 Å². The second-order valence-electron chi connectivity index (χ2n) is 6.49. The first kappa shape index (κ1) is 20.8. The third-order valence-electron chi connectivity index (χ3n) is 2.91. The lowest BCUT2D eigenvalue weighted by atomic mass is 10.1.